The van der Waals surface area contributed by atoms with Crippen LogP contribution in [-0.4, -0.2) is 6.61 Å². The molecule has 0 saturated carbocycles. The van der Waals surface area contributed by atoms with Gasteiger partial charge in [0.05, 0.1) is 5.02 Å². The molecule has 0 aromatic heterocycles. The molecule has 1 rings (SSSR count). The van der Waals surface area contributed by atoms with E-state index in [-0.39, 0.29) is 0 Å². The Kier molecular flexibility index (Phi) is 3.18. The Bertz CT molecular complexity index is 261. The molecule has 0 radical (unpaired) electrons. The summed E-state index contributed by atoms with van der Waals surface area (Å²) in [6.45, 7) is 6.02. The van der Waals surface area contributed by atoms with E-state index in [1.54, 1.807) is 6.08 Å². The minimum atomic E-state index is 0.491. The van der Waals surface area contributed by atoms with Gasteiger partial charge >= 0.3 is 0 Å². The standard InChI is InChI=1S/C10H11ClO/c1-3-7-12-10-8(2)5-4-6-9(10)11/h3-6H,1,7H2,2H3. The molecule has 0 bridgehead atoms. The summed E-state index contributed by atoms with van der Waals surface area (Å²) >= 11 is 5.91. The third kappa shape index (κ3) is 2.02. The van der Waals surface area contributed by atoms with Crippen LogP contribution in [0.3, 0.4) is 0 Å². The number of rotatable bonds is 3. The van der Waals surface area contributed by atoms with E-state index in [4.69, 9.17) is 16.3 Å². The molecular weight excluding hydrogens is 172 g/mol. The molecule has 64 valence electrons. The van der Waals surface area contributed by atoms with E-state index in [1.165, 1.54) is 0 Å². The predicted octanol–water partition coefficient (Wildman–Crippen LogP) is 3.21. The number of aryl methyl sites for hydroxylation is 1. The van der Waals surface area contributed by atoms with Crippen molar-refractivity contribution in [1.29, 1.82) is 0 Å². The van der Waals surface area contributed by atoms with Gasteiger partial charge in [-0.1, -0.05) is 36.4 Å². The molecule has 0 unspecified atom stereocenters. The molecule has 0 aliphatic rings. The summed E-state index contributed by atoms with van der Waals surface area (Å²) in [5.41, 5.74) is 1.05. The van der Waals surface area contributed by atoms with Gasteiger partial charge in [0.1, 0.15) is 12.4 Å². The quantitative estimate of drug-likeness (QED) is 0.653. The smallest absolute Gasteiger partial charge is 0.141 e. The fraction of sp³-hybridized carbons (Fsp3) is 0.200. The van der Waals surface area contributed by atoms with Gasteiger partial charge in [-0.3, -0.25) is 0 Å². The minimum Gasteiger partial charge on any atom is -0.488 e. The molecule has 0 fully saturated rings. The van der Waals surface area contributed by atoms with E-state index < -0.39 is 0 Å². The van der Waals surface area contributed by atoms with Gasteiger partial charge in [0.25, 0.3) is 0 Å². The van der Waals surface area contributed by atoms with Crippen LogP contribution >= 0.6 is 11.6 Å². The fourth-order valence-corrected chi connectivity index (χ4v) is 1.22. The molecule has 1 aromatic carbocycles. The van der Waals surface area contributed by atoms with Gasteiger partial charge in [0, 0.05) is 0 Å². The third-order valence-electron chi connectivity index (χ3n) is 1.51. The lowest BCUT2D eigenvalue weighted by atomic mass is 10.2. The molecule has 0 N–H and O–H groups in total. The lowest BCUT2D eigenvalue weighted by molar-refractivity contribution is 0.361. The lowest BCUT2D eigenvalue weighted by Gasteiger charge is -2.07. The van der Waals surface area contributed by atoms with Crippen molar-refractivity contribution < 1.29 is 4.74 Å². The molecule has 0 atom stereocenters. The first-order chi connectivity index (χ1) is 5.75. The van der Waals surface area contributed by atoms with Crippen molar-refractivity contribution in [1.82, 2.24) is 0 Å². The normalized spacial score (nSPS) is 9.50. The second-order valence-corrected chi connectivity index (χ2v) is 2.89. The Morgan fingerprint density at radius 2 is 2.33 bits per heavy atom. The zero-order valence-corrected chi connectivity index (χ0v) is 7.77. The Morgan fingerprint density at radius 1 is 1.58 bits per heavy atom. The summed E-state index contributed by atoms with van der Waals surface area (Å²) in [4.78, 5) is 0. The first-order valence-electron chi connectivity index (χ1n) is 3.74. The van der Waals surface area contributed by atoms with Crippen molar-refractivity contribution >= 4 is 11.6 Å². The highest BCUT2D eigenvalue weighted by atomic mass is 35.5. The van der Waals surface area contributed by atoms with E-state index in [0.717, 1.165) is 11.3 Å². The lowest BCUT2D eigenvalue weighted by Crippen LogP contribution is -1.95. The number of hydrogen-bond acceptors (Lipinski definition) is 1. The maximum absolute atomic E-state index is 5.91. The number of benzene rings is 1. The summed E-state index contributed by atoms with van der Waals surface area (Å²) in [5, 5.41) is 0.650. The largest absolute Gasteiger partial charge is 0.488 e. The number of halogens is 1. The van der Waals surface area contributed by atoms with Crippen LogP contribution in [0, 0.1) is 6.92 Å². The molecule has 0 aliphatic carbocycles. The highest BCUT2D eigenvalue weighted by Gasteiger charge is 2.02. The molecule has 2 heteroatoms. The molecule has 1 aromatic rings. The molecule has 0 aliphatic heterocycles. The van der Waals surface area contributed by atoms with Crippen LogP contribution in [0.5, 0.6) is 5.75 Å². The van der Waals surface area contributed by atoms with Gasteiger partial charge in [-0.2, -0.15) is 0 Å². The summed E-state index contributed by atoms with van der Waals surface area (Å²) in [6, 6.07) is 5.68. The maximum atomic E-state index is 5.91. The van der Waals surface area contributed by atoms with Crippen LogP contribution in [0.1, 0.15) is 5.56 Å². The summed E-state index contributed by atoms with van der Waals surface area (Å²) in [6.07, 6.45) is 1.70. The molecular formula is C10H11ClO. The zero-order chi connectivity index (χ0) is 8.97. The van der Waals surface area contributed by atoms with Crippen molar-refractivity contribution in [2.45, 2.75) is 6.92 Å². The molecule has 0 amide bonds. The van der Waals surface area contributed by atoms with Crippen molar-refractivity contribution in [3.05, 3.63) is 41.4 Å². The molecule has 0 saturated heterocycles. The average Bonchev–Trinajstić information content (AvgIpc) is 2.04. The van der Waals surface area contributed by atoms with E-state index in [0.29, 0.717) is 11.6 Å². The van der Waals surface area contributed by atoms with Crippen molar-refractivity contribution in [2.24, 2.45) is 0 Å². The molecule has 1 nitrogen and oxygen atoms in total. The minimum absolute atomic E-state index is 0.491. The Labute approximate surface area is 77.6 Å². The molecule has 0 spiro atoms. The van der Waals surface area contributed by atoms with Gasteiger partial charge in [0.15, 0.2) is 0 Å². The topological polar surface area (TPSA) is 9.23 Å². The maximum Gasteiger partial charge on any atom is 0.141 e. The van der Waals surface area contributed by atoms with Crippen molar-refractivity contribution in [3.8, 4) is 5.75 Å². The molecule has 0 heterocycles. The number of hydrogen-bond donors (Lipinski definition) is 0. The van der Waals surface area contributed by atoms with Gasteiger partial charge in [0.2, 0.25) is 0 Å². The number of ether oxygens (including phenoxy) is 1. The van der Waals surface area contributed by atoms with Gasteiger partial charge in [-0.05, 0) is 18.6 Å². The van der Waals surface area contributed by atoms with E-state index in [2.05, 4.69) is 6.58 Å². The molecule has 12 heavy (non-hydrogen) atoms. The highest BCUT2D eigenvalue weighted by molar-refractivity contribution is 6.32. The van der Waals surface area contributed by atoms with Gasteiger partial charge in [-0.25, -0.2) is 0 Å². The van der Waals surface area contributed by atoms with E-state index >= 15 is 0 Å². The monoisotopic (exact) mass is 182 g/mol. The van der Waals surface area contributed by atoms with Crippen molar-refractivity contribution in [2.75, 3.05) is 6.61 Å². The van der Waals surface area contributed by atoms with Crippen LogP contribution in [0.4, 0.5) is 0 Å². The van der Waals surface area contributed by atoms with Crippen LogP contribution in [-0.2, 0) is 0 Å². The van der Waals surface area contributed by atoms with Crippen molar-refractivity contribution in [3.63, 3.8) is 0 Å². The first kappa shape index (κ1) is 9.14. The summed E-state index contributed by atoms with van der Waals surface area (Å²) in [5.74, 6) is 0.749. The SMILES string of the molecule is C=CCOc1c(C)cccc1Cl. The first-order valence-corrected chi connectivity index (χ1v) is 4.12. The second kappa shape index (κ2) is 4.17. The highest BCUT2D eigenvalue weighted by Crippen LogP contribution is 2.27. The van der Waals surface area contributed by atoms with Crippen LogP contribution < -0.4 is 4.74 Å². The van der Waals surface area contributed by atoms with Gasteiger partial charge in [-0.15, -0.1) is 0 Å². The Balaban J connectivity index is 2.88. The third-order valence-corrected chi connectivity index (χ3v) is 1.81. The van der Waals surface area contributed by atoms with E-state index in [1.807, 2.05) is 25.1 Å². The zero-order valence-electron chi connectivity index (χ0n) is 7.01. The van der Waals surface area contributed by atoms with Gasteiger partial charge < -0.3 is 4.74 Å². The Hall–Kier alpha value is -0.950. The Morgan fingerprint density at radius 3 is 2.92 bits per heavy atom. The van der Waals surface area contributed by atoms with E-state index in [9.17, 15) is 0 Å². The summed E-state index contributed by atoms with van der Waals surface area (Å²) < 4.78 is 5.37. The number of para-hydroxylation sites is 1. The van der Waals surface area contributed by atoms with Crippen LogP contribution in [0.15, 0.2) is 30.9 Å². The summed E-state index contributed by atoms with van der Waals surface area (Å²) in [7, 11) is 0. The second-order valence-electron chi connectivity index (χ2n) is 2.49. The fourth-order valence-electron chi connectivity index (χ4n) is 0.942. The van der Waals surface area contributed by atoms with Crippen LogP contribution in [0.2, 0.25) is 5.02 Å². The average molecular weight is 183 g/mol. The van der Waals surface area contributed by atoms with Crippen LogP contribution in [0.25, 0.3) is 0 Å². The predicted molar refractivity (Wildman–Crippen MR) is 51.9 cm³/mol.